The van der Waals surface area contributed by atoms with Crippen molar-refractivity contribution in [2.24, 2.45) is 0 Å². The van der Waals surface area contributed by atoms with Gasteiger partial charge in [0.25, 0.3) is 0 Å². The van der Waals surface area contributed by atoms with Gasteiger partial charge in [0, 0.05) is 14.6 Å². The third kappa shape index (κ3) is 6.81. The van der Waals surface area contributed by atoms with Crippen molar-refractivity contribution in [1.82, 2.24) is 14.8 Å². The van der Waals surface area contributed by atoms with E-state index < -0.39 is 35.3 Å². The third-order valence-electron chi connectivity index (χ3n) is 7.03. The van der Waals surface area contributed by atoms with Gasteiger partial charge in [-0.1, -0.05) is 31.8 Å². The van der Waals surface area contributed by atoms with Gasteiger partial charge < -0.3 is 19.0 Å². The van der Waals surface area contributed by atoms with Gasteiger partial charge in [0.05, 0.1) is 24.8 Å². The summed E-state index contributed by atoms with van der Waals surface area (Å²) < 4.78 is 63.0. The van der Waals surface area contributed by atoms with Gasteiger partial charge in [0.15, 0.2) is 5.76 Å². The molecule has 1 N–H and O–H groups in total. The SMILES string of the molecule is COc1cccc(OC)c1-n1c(-c2ccc(C)o2)nnc1N(CC[Si](C)(C)C)S(=O)(=O)[C@H](C)[C@H](O)c1ccc(F)c(Br)c1. The molecule has 232 valence electrons. The first-order valence-corrected chi connectivity index (χ1v) is 19.6. The molecular weight excluding hydrogens is 659 g/mol. The highest BCUT2D eigenvalue weighted by Gasteiger charge is 2.39. The van der Waals surface area contributed by atoms with Gasteiger partial charge in [0.2, 0.25) is 21.8 Å². The van der Waals surface area contributed by atoms with Gasteiger partial charge in [-0.3, -0.25) is 4.57 Å². The van der Waals surface area contributed by atoms with E-state index in [9.17, 15) is 17.9 Å². The first kappa shape index (κ1) is 32.7. The van der Waals surface area contributed by atoms with Gasteiger partial charge >= 0.3 is 0 Å². The van der Waals surface area contributed by atoms with E-state index in [2.05, 4.69) is 45.8 Å². The Morgan fingerprint density at radius 2 is 1.74 bits per heavy atom. The van der Waals surface area contributed by atoms with Crippen LogP contribution in [0.4, 0.5) is 10.3 Å². The normalized spacial score (nSPS) is 13.5. The molecule has 43 heavy (non-hydrogen) atoms. The number of furan rings is 1. The van der Waals surface area contributed by atoms with E-state index in [1.807, 2.05) is 0 Å². The highest BCUT2D eigenvalue weighted by Crippen LogP contribution is 2.40. The summed E-state index contributed by atoms with van der Waals surface area (Å²) in [5.41, 5.74) is 0.620. The van der Waals surface area contributed by atoms with Gasteiger partial charge in [-0.15, -0.1) is 10.2 Å². The summed E-state index contributed by atoms with van der Waals surface area (Å²) in [6, 6.07) is 13.2. The fourth-order valence-corrected chi connectivity index (χ4v) is 7.55. The van der Waals surface area contributed by atoms with Crippen LogP contribution < -0.4 is 13.8 Å². The van der Waals surface area contributed by atoms with E-state index in [1.54, 1.807) is 41.8 Å². The summed E-state index contributed by atoms with van der Waals surface area (Å²) in [7, 11) is -3.12. The van der Waals surface area contributed by atoms with Crippen molar-refractivity contribution in [1.29, 1.82) is 0 Å². The van der Waals surface area contributed by atoms with Crippen LogP contribution in [-0.2, 0) is 10.0 Å². The second-order valence-corrected chi connectivity index (χ2v) is 20.0. The number of halogens is 2. The summed E-state index contributed by atoms with van der Waals surface area (Å²) in [6.45, 7) is 9.69. The van der Waals surface area contributed by atoms with Gasteiger partial charge in [0.1, 0.15) is 34.0 Å². The zero-order valence-electron chi connectivity index (χ0n) is 25.1. The van der Waals surface area contributed by atoms with E-state index >= 15 is 0 Å². The maximum Gasteiger partial charge on any atom is 0.246 e. The number of hydrogen-bond acceptors (Lipinski definition) is 8. The number of methoxy groups -OCH3 is 2. The highest BCUT2D eigenvalue weighted by atomic mass is 79.9. The Kier molecular flexibility index (Phi) is 9.74. The molecule has 0 spiro atoms. The number of anilines is 1. The average Bonchev–Trinajstić information content (AvgIpc) is 3.58. The van der Waals surface area contributed by atoms with Gasteiger partial charge in [-0.05, 0) is 77.8 Å². The van der Waals surface area contributed by atoms with Crippen molar-refractivity contribution in [2.45, 2.75) is 50.9 Å². The molecule has 2 atom stereocenters. The van der Waals surface area contributed by atoms with Crippen LogP contribution in [0.3, 0.4) is 0 Å². The Morgan fingerprint density at radius 1 is 1.09 bits per heavy atom. The number of rotatable bonds is 12. The number of aromatic nitrogens is 3. The fourth-order valence-electron chi connectivity index (χ4n) is 4.52. The number of hydrogen-bond donors (Lipinski definition) is 1. The number of aliphatic hydroxyl groups excluding tert-OH is 1. The number of para-hydroxylation sites is 1. The molecule has 0 fully saturated rings. The summed E-state index contributed by atoms with van der Waals surface area (Å²) in [6.07, 6.45) is -1.47. The van der Waals surface area contributed by atoms with Crippen molar-refractivity contribution in [3.05, 3.63) is 70.1 Å². The largest absolute Gasteiger partial charge is 0.494 e. The fraction of sp³-hybridized carbons (Fsp3) is 0.379. The summed E-state index contributed by atoms with van der Waals surface area (Å²) >= 11 is 3.12. The monoisotopic (exact) mass is 694 g/mol. The second-order valence-electron chi connectivity index (χ2n) is 11.3. The molecule has 4 rings (SSSR count). The zero-order valence-corrected chi connectivity index (χ0v) is 28.5. The zero-order chi connectivity index (χ0) is 31.7. The molecule has 0 saturated heterocycles. The molecule has 4 aromatic rings. The molecule has 0 bridgehead atoms. The molecule has 0 aliphatic rings. The average molecular weight is 696 g/mol. The first-order chi connectivity index (χ1) is 20.2. The molecule has 0 aliphatic heterocycles. The quantitative estimate of drug-likeness (QED) is 0.170. The minimum atomic E-state index is -4.32. The molecule has 0 radical (unpaired) electrons. The number of ether oxygens (including phenoxy) is 2. The minimum Gasteiger partial charge on any atom is -0.494 e. The predicted octanol–water partition coefficient (Wildman–Crippen LogP) is 6.35. The topological polar surface area (TPSA) is 120 Å². The Labute approximate surface area is 260 Å². The van der Waals surface area contributed by atoms with Crippen LogP contribution in [0.25, 0.3) is 17.3 Å². The van der Waals surface area contributed by atoms with E-state index in [0.717, 1.165) is 0 Å². The van der Waals surface area contributed by atoms with E-state index in [4.69, 9.17) is 13.9 Å². The Bertz CT molecular complexity index is 1680. The van der Waals surface area contributed by atoms with Crippen LogP contribution in [0.15, 0.2) is 57.4 Å². The van der Waals surface area contributed by atoms with Gasteiger partial charge in [-0.2, -0.15) is 0 Å². The third-order valence-corrected chi connectivity index (χ3v) is 11.5. The molecule has 0 unspecified atom stereocenters. The standard InChI is InChI=1S/C29H36BrFN4O6SSi/c1-18-11-14-25(41-18)28-32-33-29(35(28)26-23(39-3)9-8-10-24(26)40-4)34(15-16-43(5,6)7)42(37,38)19(2)27(36)20-12-13-22(31)21(30)17-20/h8-14,17,19,27,36H,15-16H2,1-7H3/t19-,27+/m1/s1. The second kappa shape index (κ2) is 12.8. The van der Waals surface area contributed by atoms with E-state index in [-0.39, 0.29) is 28.4 Å². The van der Waals surface area contributed by atoms with Crippen LogP contribution in [0.1, 0.15) is 24.4 Å². The van der Waals surface area contributed by atoms with Gasteiger partial charge in [-0.25, -0.2) is 17.1 Å². The first-order valence-electron chi connectivity index (χ1n) is 13.6. The van der Waals surface area contributed by atoms with Crippen LogP contribution in [0.5, 0.6) is 11.5 Å². The molecule has 2 heterocycles. The number of aliphatic hydroxyl groups is 1. The lowest BCUT2D eigenvalue weighted by molar-refractivity contribution is 0.175. The van der Waals surface area contributed by atoms with Crippen LogP contribution in [0.2, 0.25) is 25.7 Å². The number of nitrogens with zero attached hydrogens (tertiary/aromatic N) is 4. The molecule has 10 nitrogen and oxygen atoms in total. The van der Waals surface area contributed by atoms with Crippen LogP contribution in [0, 0.1) is 12.7 Å². The van der Waals surface area contributed by atoms with Crippen molar-refractivity contribution in [2.75, 3.05) is 25.1 Å². The molecule has 2 aromatic heterocycles. The number of benzene rings is 2. The maximum absolute atomic E-state index is 14.5. The smallest absolute Gasteiger partial charge is 0.246 e. The predicted molar refractivity (Wildman–Crippen MR) is 170 cm³/mol. The summed E-state index contributed by atoms with van der Waals surface area (Å²) in [5, 5.41) is 18.7. The lowest BCUT2D eigenvalue weighted by Gasteiger charge is -2.31. The Morgan fingerprint density at radius 3 is 2.28 bits per heavy atom. The maximum atomic E-state index is 14.5. The van der Waals surface area contributed by atoms with Crippen LogP contribution >= 0.6 is 15.9 Å². The highest BCUT2D eigenvalue weighted by molar-refractivity contribution is 9.10. The molecule has 0 aliphatic carbocycles. The number of sulfonamides is 1. The molecule has 0 saturated carbocycles. The number of aryl methyl sites for hydroxylation is 1. The van der Waals surface area contributed by atoms with E-state index in [1.165, 1.54) is 43.6 Å². The summed E-state index contributed by atoms with van der Waals surface area (Å²) in [5.74, 6) is 1.44. The molecule has 14 heteroatoms. The molecule has 2 aromatic carbocycles. The minimum absolute atomic E-state index is 0.0237. The van der Waals surface area contributed by atoms with Crippen molar-refractivity contribution < 1.29 is 31.8 Å². The molecular formula is C29H36BrFN4O6SSi. The lowest BCUT2D eigenvalue weighted by Crippen LogP contribution is -2.44. The van der Waals surface area contributed by atoms with Crippen molar-refractivity contribution in [3.63, 3.8) is 0 Å². The lowest BCUT2D eigenvalue weighted by atomic mass is 10.1. The van der Waals surface area contributed by atoms with Crippen molar-refractivity contribution in [3.8, 4) is 28.8 Å². The van der Waals surface area contributed by atoms with E-state index in [0.29, 0.717) is 34.8 Å². The Balaban J connectivity index is 1.96. The van der Waals surface area contributed by atoms with Crippen LogP contribution in [-0.4, -0.2) is 62.4 Å². The van der Waals surface area contributed by atoms with Crippen molar-refractivity contribution >= 4 is 40.0 Å². The molecule has 0 amide bonds. The Hall–Kier alpha value is -3.20. The summed E-state index contributed by atoms with van der Waals surface area (Å²) in [4.78, 5) is 0.